The van der Waals surface area contributed by atoms with Crippen molar-refractivity contribution in [1.29, 1.82) is 0 Å². The normalized spacial score (nSPS) is 24.6. The zero-order valence-electron chi connectivity index (χ0n) is 17.3. The lowest BCUT2D eigenvalue weighted by atomic mass is 10.1. The zero-order valence-corrected chi connectivity index (χ0v) is 17.3. The van der Waals surface area contributed by atoms with Gasteiger partial charge in [0.05, 0.1) is 19.1 Å². The molecular weight excluding hydrogens is 400 g/mol. The van der Waals surface area contributed by atoms with Crippen molar-refractivity contribution in [1.82, 2.24) is 14.8 Å². The van der Waals surface area contributed by atoms with E-state index in [1.807, 2.05) is 29.2 Å². The summed E-state index contributed by atoms with van der Waals surface area (Å²) in [6, 6.07) is 7.04. The topological polar surface area (TPSA) is 91.7 Å². The predicted octanol–water partition coefficient (Wildman–Crippen LogP) is 1.87. The summed E-state index contributed by atoms with van der Waals surface area (Å²) < 4.78 is 16.6. The summed E-state index contributed by atoms with van der Waals surface area (Å²) in [5.41, 5.74) is 0.728. The van der Waals surface area contributed by atoms with E-state index in [-0.39, 0.29) is 30.5 Å². The molecule has 5 rings (SSSR count). The van der Waals surface area contributed by atoms with E-state index in [9.17, 15) is 9.59 Å². The van der Waals surface area contributed by atoms with E-state index in [0.717, 1.165) is 18.6 Å². The van der Waals surface area contributed by atoms with Crippen LogP contribution < -0.4 is 0 Å². The van der Waals surface area contributed by atoms with Gasteiger partial charge in [0.25, 0.3) is 11.8 Å². The number of ether oxygens (including phenoxy) is 1. The van der Waals surface area contributed by atoms with Crippen LogP contribution in [0.2, 0.25) is 0 Å². The third-order valence-corrected chi connectivity index (χ3v) is 6.09. The smallest absolute Gasteiger partial charge is 0.257 e. The molecule has 9 heteroatoms. The highest BCUT2D eigenvalue weighted by Gasteiger charge is 2.37. The molecule has 2 aromatic rings. The lowest BCUT2D eigenvalue weighted by molar-refractivity contribution is -0.143. The van der Waals surface area contributed by atoms with Gasteiger partial charge in [-0.1, -0.05) is 0 Å². The van der Waals surface area contributed by atoms with Crippen LogP contribution in [0.5, 0.6) is 0 Å². The second-order valence-corrected chi connectivity index (χ2v) is 8.10. The molecule has 2 amide bonds. The number of hydrogen-bond acceptors (Lipinski definition) is 7. The van der Waals surface area contributed by atoms with E-state index in [2.05, 4.69) is 10.0 Å². The van der Waals surface area contributed by atoms with Crippen LogP contribution in [0.3, 0.4) is 0 Å². The van der Waals surface area contributed by atoms with Gasteiger partial charge in [-0.2, -0.15) is 5.10 Å². The number of rotatable bonds is 5. The van der Waals surface area contributed by atoms with Crippen molar-refractivity contribution in [2.45, 2.75) is 31.4 Å². The van der Waals surface area contributed by atoms with Crippen molar-refractivity contribution in [3.8, 4) is 0 Å². The Morgan fingerprint density at radius 2 is 1.87 bits per heavy atom. The Kier molecular flexibility index (Phi) is 5.61. The highest BCUT2D eigenvalue weighted by Crippen LogP contribution is 2.33. The average Bonchev–Trinajstić information content (AvgIpc) is 3.58. The quantitative estimate of drug-likeness (QED) is 0.725. The summed E-state index contributed by atoms with van der Waals surface area (Å²) in [6.07, 6.45) is 5.20. The molecule has 2 aromatic heterocycles. The molecule has 3 aliphatic rings. The predicted molar refractivity (Wildman–Crippen MR) is 110 cm³/mol. The Labute approximate surface area is 180 Å². The van der Waals surface area contributed by atoms with Crippen LogP contribution in [0.25, 0.3) is 0 Å². The maximum atomic E-state index is 13.2. The minimum Gasteiger partial charge on any atom is -0.467 e. The molecule has 2 saturated heterocycles. The van der Waals surface area contributed by atoms with Crippen LogP contribution in [0, 0.1) is 0 Å². The third-order valence-electron chi connectivity index (χ3n) is 6.09. The number of hydrogen-bond donors (Lipinski definition) is 0. The van der Waals surface area contributed by atoms with E-state index in [1.165, 1.54) is 5.01 Å². The van der Waals surface area contributed by atoms with Gasteiger partial charge in [0.2, 0.25) is 0 Å². The summed E-state index contributed by atoms with van der Waals surface area (Å²) in [4.78, 5) is 29.6. The van der Waals surface area contributed by atoms with E-state index in [4.69, 9.17) is 13.6 Å². The maximum absolute atomic E-state index is 13.2. The van der Waals surface area contributed by atoms with Crippen LogP contribution in [0.15, 0.2) is 50.7 Å². The second-order valence-electron chi connectivity index (χ2n) is 8.10. The summed E-state index contributed by atoms with van der Waals surface area (Å²) in [5.74, 6) is 1.34. The number of nitrogens with zero attached hydrogens (tertiary/aromatic N) is 4. The monoisotopic (exact) mass is 426 g/mol. The molecule has 31 heavy (non-hydrogen) atoms. The summed E-state index contributed by atoms with van der Waals surface area (Å²) in [6.45, 7) is 3.42. The van der Waals surface area contributed by atoms with Gasteiger partial charge in [0, 0.05) is 39.2 Å². The number of hydrazone groups is 1. The molecule has 0 N–H and O–H groups in total. The van der Waals surface area contributed by atoms with Gasteiger partial charge in [-0.05, 0) is 37.1 Å². The lowest BCUT2D eigenvalue weighted by Gasteiger charge is -2.36. The molecule has 0 aliphatic carbocycles. The van der Waals surface area contributed by atoms with Crippen molar-refractivity contribution in [2.75, 3.05) is 39.3 Å². The van der Waals surface area contributed by atoms with Gasteiger partial charge in [-0.15, -0.1) is 0 Å². The first kappa shape index (κ1) is 20.0. The van der Waals surface area contributed by atoms with Gasteiger partial charge in [-0.25, -0.2) is 5.01 Å². The highest BCUT2D eigenvalue weighted by molar-refractivity contribution is 6.01. The SMILES string of the molecule is O=C(C1CCCO1)N1CCN(CC(=O)N2N=C(c3ccco3)CC2c2ccco2)CC1. The van der Waals surface area contributed by atoms with Crippen molar-refractivity contribution in [2.24, 2.45) is 5.10 Å². The van der Waals surface area contributed by atoms with Crippen molar-refractivity contribution in [3.05, 3.63) is 48.3 Å². The molecule has 2 fully saturated rings. The number of furan rings is 2. The Morgan fingerprint density at radius 1 is 1.06 bits per heavy atom. The minimum atomic E-state index is -0.291. The van der Waals surface area contributed by atoms with Crippen LogP contribution >= 0.6 is 0 Å². The fraction of sp³-hybridized carbons (Fsp3) is 0.500. The van der Waals surface area contributed by atoms with Crippen LogP contribution in [-0.2, 0) is 14.3 Å². The summed E-state index contributed by atoms with van der Waals surface area (Å²) in [5, 5.41) is 6.08. The first-order valence-corrected chi connectivity index (χ1v) is 10.8. The molecular formula is C22H26N4O5. The van der Waals surface area contributed by atoms with Crippen LogP contribution in [-0.4, -0.2) is 77.8 Å². The van der Waals surface area contributed by atoms with Crippen LogP contribution in [0.1, 0.15) is 36.8 Å². The molecule has 0 radical (unpaired) electrons. The van der Waals surface area contributed by atoms with Crippen molar-refractivity contribution < 1.29 is 23.2 Å². The zero-order chi connectivity index (χ0) is 21.2. The molecule has 9 nitrogen and oxygen atoms in total. The molecule has 164 valence electrons. The molecule has 3 aliphatic heterocycles. The van der Waals surface area contributed by atoms with E-state index >= 15 is 0 Å². The van der Waals surface area contributed by atoms with Gasteiger partial charge in [0.15, 0.2) is 0 Å². The molecule has 5 heterocycles. The van der Waals surface area contributed by atoms with Gasteiger partial charge >= 0.3 is 0 Å². The van der Waals surface area contributed by atoms with E-state index in [0.29, 0.717) is 50.7 Å². The largest absolute Gasteiger partial charge is 0.467 e. The van der Waals surface area contributed by atoms with Crippen LogP contribution in [0.4, 0.5) is 0 Å². The molecule has 0 spiro atoms. The maximum Gasteiger partial charge on any atom is 0.257 e. The third kappa shape index (κ3) is 4.15. The summed E-state index contributed by atoms with van der Waals surface area (Å²) >= 11 is 0. The summed E-state index contributed by atoms with van der Waals surface area (Å²) in [7, 11) is 0. The van der Waals surface area contributed by atoms with Crippen molar-refractivity contribution >= 4 is 17.5 Å². The number of carbonyl (C=O) groups excluding carboxylic acids is 2. The molecule has 2 atom stereocenters. The number of amides is 2. The first-order valence-electron chi connectivity index (χ1n) is 10.8. The Morgan fingerprint density at radius 3 is 2.55 bits per heavy atom. The first-order chi connectivity index (χ1) is 15.2. The average molecular weight is 426 g/mol. The van der Waals surface area contributed by atoms with E-state index < -0.39 is 0 Å². The number of piperazine rings is 1. The fourth-order valence-corrected chi connectivity index (χ4v) is 4.40. The minimum absolute atomic E-state index is 0.0774. The fourth-order valence-electron chi connectivity index (χ4n) is 4.40. The van der Waals surface area contributed by atoms with Crippen molar-refractivity contribution in [3.63, 3.8) is 0 Å². The Hall–Kier alpha value is -2.91. The van der Waals surface area contributed by atoms with Gasteiger partial charge in [0.1, 0.15) is 29.4 Å². The molecule has 2 unspecified atom stereocenters. The lowest BCUT2D eigenvalue weighted by Crippen LogP contribution is -2.53. The molecule has 0 saturated carbocycles. The molecule has 0 bridgehead atoms. The standard InChI is InChI=1S/C22H26N4O5/c27-21(15-24-7-9-25(10-8-24)22(28)20-6-3-13-31-20)26-17(19-5-2-12-30-19)14-16(23-26)18-4-1-11-29-18/h1-2,4-5,11-12,17,20H,3,6-10,13-15H2. The molecule has 0 aromatic carbocycles. The highest BCUT2D eigenvalue weighted by atomic mass is 16.5. The Balaban J connectivity index is 1.22. The number of carbonyl (C=O) groups is 2. The van der Waals surface area contributed by atoms with Gasteiger partial charge < -0.3 is 18.5 Å². The second kappa shape index (κ2) is 8.68. The Bertz CT molecular complexity index is 925. The van der Waals surface area contributed by atoms with E-state index in [1.54, 1.807) is 12.5 Å². The van der Waals surface area contributed by atoms with Gasteiger partial charge in [-0.3, -0.25) is 14.5 Å².